The number of rotatable bonds is 7. The van der Waals surface area contributed by atoms with Crippen molar-refractivity contribution in [1.29, 1.82) is 5.26 Å². The first kappa shape index (κ1) is 20.3. The van der Waals surface area contributed by atoms with Crippen LogP contribution >= 0.6 is 0 Å². The summed E-state index contributed by atoms with van der Waals surface area (Å²) in [5, 5.41) is 12.2. The summed E-state index contributed by atoms with van der Waals surface area (Å²) in [7, 11) is 0. The predicted molar refractivity (Wildman–Crippen MR) is 111 cm³/mol. The quantitative estimate of drug-likeness (QED) is 0.557. The number of nitriles is 1. The van der Waals surface area contributed by atoms with Crippen LogP contribution in [-0.2, 0) is 4.79 Å². The van der Waals surface area contributed by atoms with Gasteiger partial charge in [0.1, 0.15) is 30.6 Å². The van der Waals surface area contributed by atoms with Crippen molar-refractivity contribution in [2.24, 2.45) is 5.92 Å². The summed E-state index contributed by atoms with van der Waals surface area (Å²) in [6.45, 7) is 5.80. The van der Waals surface area contributed by atoms with E-state index in [1.54, 1.807) is 18.2 Å². The first-order valence-corrected chi connectivity index (χ1v) is 9.61. The summed E-state index contributed by atoms with van der Waals surface area (Å²) in [5.41, 5.74) is 1.20. The van der Waals surface area contributed by atoms with E-state index in [1.165, 1.54) is 6.08 Å². The molecule has 1 heterocycles. The van der Waals surface area contributed by atoms with E-state index in [0.717, 1.165) is 6.42 Å². The number of carbonyl (C=O) groups is 1. The molecule has 0 saturated heterocycles. The van der Waals surface area contributed by atoms with Crippen molar-refractivity contribution in [2.45, 2.75) is 20.3 Å². The molecule has 0 radical (unpaired) electrons. The Morgan fingerprint density at radius 2 is 1.97 bits per heavy atom. The van der Waals surface area contributed by atoms with Gasteiger partial charge in [0.05, 0.1) is 6.61 Å². The third-order valence-electron chi connectivity index (χ3n) is 4.34. The minimum atomic E-state index is -0.499. The molecule has 0 unspecified atom stereocenters. The number of carbonyl (C=O) groups excluding carboxylic acids is 1. The van der Waals surface area contributed by atoms with E-state index in [4.69, 9.17) is 14.2 Å². The molecule has 1 amide bonds. The second-order valence-corrected chi connectivity index (χ2v) is 7.05. The predicted octanol–water partition coefficient (Wildman–Crippen LogP) is 4.43. The standard InChI is InChI=1S/C23H24N2O4/c1-16(2)9-10-27-20-6-4-3-5-17(20)13-18(15-24)23(26)25-19-7-8-21-22(14-19)29-12-11-28-21/h3-8,13-14,16H,9-12H2,1-2H3,(H,25,26)/b18-13+. The van der Waals surface area contributed by atoms with Crippen LogP contribution in [0.1, 0.15) is 25.8 Å². The molecule has 2 aromatic rings. The van der Waals surface area contributed by atoms with Crippen LogP contribution in [0.2, 0.25) is 0 Å². The van der Waals surface area contributed by atoms with Gasteiger partial charge in [-0.2, -0.15) is 5.26 Å². The van der Waals surface area contributed by atoms with Crippen LogP contribution in [0.5, 0.6) is 17.2 Å². The van der Waals surface area contributed by atoms with Crippen molar-refractivity contribution in [3.63, 3.8) is 0 Å². The third-order valence-corrected chi connectivity index (χ3v) is 4.34. The van der Waals surface area contributed by atoms with Gasteiger partial charge in [-0.3, -0.25) is 4.79 Å². The topological polar surface area (TPSA) is 80.6 Å². The van der Waals surface area contributed by atoms with Gasteiger partial charge in [0, 0.05) is 17.3 Å². The van der Waals surface area contributed by atoms with Crippen LogP contribution in [0.4, 0.5) is 5.69 Å². The lowest BCUT2D eigenvalue weighted by atomic mass is 10.1. The average Bonchev–Trinajstić information content (AvgIpc) is 2.72. The highest BCUT2D eigenvalue weighted by molar-refractivity contribution is 6.10. The molecule has 1 N–H and O–H groups in total. The molecule has 0 spiro atoms. The molecule has 2 aromatic carbocycles. The van der Waals surface area contributed by atoms with Gasteiger partial charge < -0.3 is 19.5 Å². The fourth-order valence-electron chi connectivity index (χ4n) is 2.76. The monoisotopic (exact) mass is 392 g/mol. The number of ether oxygens (including phenoxy) is 3. The zero-order chi connectivity index (χ0) is 20.6. The molecule has 0 aromatic heterocycles. The zero-order valence-corrected chi connectivity index (χ0v) is 16.6. The number of nitrogens with one attached hydrogen (secondary N) is 1. The highest BCUT2D eigenvalue weighted by atomic mass is 16.6. The molecule has 1 aliphatic rings. The first-order chi connectivity index (χ1) is 14.1. The fourth-order valence-corrected chi connectivity index (χ4v) is 2.76. The van der Waals surface area contributed by atoms with E-state index in [9.17, 15) is 10.1 Å². The number of para-hydroxylation sites is 1. The Bertz CT molecular complexity index is 944. The van der Waals surface area contributed by atoms with E-state index in [0.29, 0.717) is 54.2 Å². The minimum absolute atomic E-state index is 0.0141. The Labute approximate surface area is 170 Å². The highest BCUT2D eigenvalue weighted by Gasteiger charge is 2.15. The van der Waals surface area contributed by atoms with Gasteiger partial charge in [-0.25, -0.2) is 0 Å². The number of anilines is 1. The maximum absolute atomic E-state index is 12.6. The van der Waals surface area contributed by atoms with Gasteiger partial charge in [0.2, 0.25) is 0 Å². The molecule has 0 bridgehead atoms. The molecule has 0 aliphatic carbocycles. The Morgan fingerprint density at radius 3 is 2.72 bits per heavy atom. The van der Waals surface area contributed by atoms with Crippen molar-refractivity contribution in [3.05, 3.63) is 53.6 Å². The summed E-state index contributed by atoms with van der Waals surface area (Å²) in [6.07, 6.45) is 2.46. The van der Waals surface area contributed by atoms with Crippen molar-refractivity contribution >= 4 is 17.7 Å². The van der Waals surface area contributed by atoms with E-state index in [1.807, 2.05) is 30.3 Å². The lowest BCUT2D eigenvalue weighted by molar-refractivity contribution is -0.112. The van der Waals surface area contributed by atoms with Gasteiger partial charge in [0.25, 0.3) is 5.91 Å². The average molecular weight is 392 g/mol. The summed E-state index contributed by atoms with van der Waals surface area (Å²) in [5.74, 6) is 1.89. The third kappa shape index (κ3) is 5.52. The Balaban J connectivity index is 1.74. The first-order valence-electron chi connectivity index (χ1n) is 9.61. The number of amides is 1. The van der Waals surface area contributed by atoms with Gasteiger partial charge >= 0.3 is 0 Å². The summed E-state index contributed by atoms with van der Waals surface area (Å²) >= 11 is 0. The van der Waals surface area contributed by atoms with Crippen LogP contribution in [0.25, 0.3) is 6.08 Å². The fraction of sp³-hybridized carbons (Fsp3) is 0.304. The Kier molecular flexibility index (Phi) is 6.75. The number of hydrogen-bond donors (Lipinski definition) is 1. The number of fused-ring (bicyclic) bond motifs is 1. The van der Waals surface area contributed by atoms with Gasteiger partial charge in [-0.15, -0.1) is 0 Å². The number of benzene rings is 2. The smallest absolute Gasteiger partial charge is 0.266 e. The molecule has 3 rings (SSSR count). The lowest BCUT2D eigenvalue weighted by Gasteiger charge is -2.19. The molecule has 0 fully saturated rings. The second-order valence-electron chi connectivity index (χ2n) is 7.05. The Morgan fingerprint density at radius 1 is 1.21 bits per heavy atom. The largest absolute Gasteiger partial charge is 0.493 e. The normalized spacial score (nSPS) is 13.0. The molecule has 6 heteroatoms. The summed E-state index contributed by atoms with van der Waals surface area (Å²) in [6, 6.07) is 14.5. The molecule has 1 aliphatic heterocycles. The molecular formula is C23H24N2O4. The summed E-state index contributed by atoms with van der Waals surface area (Å²) < 4.78 is 16.8. The molecule has 0 saturated carbocycles. The maximum Gasteiger partial charge on any atom is 0.266 e. The van der Waals surface area contributed by atoms with Crippen LogP contribution in [0, 0.1) is 17.2 Å². The van der Waals surface area contributed by atoms with Gasteiger partial charge in [-0.05, 0) is 36.6 Å². The second kappa shape index (κ2) is 9.65. The maximum atomic E-state index is 12.6. The minimum Gasteiger partial charge on any atom is -0.493 e. The van der Waals surface area contributed by atoms with E-state index in [-0.39, 0.29) is 5.57 Å². The van der Waals surface area contributed by atoms with Crippen LogP contribution in [-0.4, -0.2) is 25.7 Å². The Hall–Kier alpha value is -3.46. The van der Waals surface area contributed by atoms with Gasteiger partial charge in [0.15, 0.2) is 11.5 Å². The summed E-state index contributed by atoms with van der Waals surface area (Å²) in [4.78, 5) is 12.6. The van der Waals surface area contributed by atoms with Crippen molar-refractivity contribution in [1.82, 2.24) is 0 Å². The van der Waals surface area contributed by atoms with Crippen LogP contribution in [0.15, 0.2) is 48.0 Å². The molecule has 0 atom stereocenters. The molecule has 6 nitrogen and oxygen atoms in total. The van der Waals surface area contributed by atoms with E-state index in [2.05, 4.69) is 19.2 Å². The number of nitrogens with zero attached hydrogens (tertiary/aromatic N) is 1. The van der Waals surface area contributed by atoms with Crippen molar-refractivity contribution in [2.75, 3.05) is 25.1 Å². The van der Waals surface area contributed by atoms with Crippen molar-refractivity contribution in [3.8, 4) is 23.3 Å². The zero-order valence-electron chi connectivity index (χ0n) is 16.6. The van der Waals surface area contributed by atoms with Crippen LogP contribution in [0.3, 0.4) is 0 Å². The van der Waals surface area contributed by atoms with E-state index >= 15 is 0 Å². The molecular weight excluding hydrogens is 368 g/mol. The van der Waals surface area contributed by atoms with Gasteiger partial charge in [-0.1, -0.05) is 32.0 Å². The van der Waals surface area contributed by atoms with Crippen LogP contribution < -0.4 is 19.5 Å². The highest BCUT2D eigenvalue weighted by Crippen LogP contribution is 2.32. The molecule has 150 valence electrons. The SMILES string of the molecule is CC(C)CCOc1ccccc1/C=C(\C#N)C(=O)Nc1ccc2c(c1)OCCO2. The molecule has 29 heavy (non-hydrogen) atoms. The van der Waals surface area contributed by atoms with Crippen molar-refractivity contribution < 1.29 is 19.0 Å². The van der Waals surface area contributed by atoms with E-state index < -0.39 is 5.91 Å². The number of hydrogen-bond acceptors (Lipinski definition) is 5. The lowest BCUT2D eigenvalue weighted by Crippen LogP contribution is -2.17.